The molecule has 10 heteroatoms. The Hall–Kier alpha value is -2.62. The lowest BCUT2D eigenvalue weighted by Gasteiger charge is -2.12. The highest BCUT2D eigenvalue weighted by Crippen LogP contribution is 2.32. The van der Waals surface area contributed by atoms with Gasteiger partial charge < -0.3 is 9.15 Å². The zero-order chi connectivity index (χ0) is 22.8. The summed E-state index contributed by atoms with van der Waals surface area (Å²) in [5.41, 5.74) is 0.549. The van der Waals surface area contributed by atoms with E-state index in [1.807, 2.05) is 0 Å². The average Bonchev–Trinajstić information content (AvgIpc) is 3.38. The van der Waals surface area contributed by atoms with Gasteiger partial charge in [0.1, 0.15) is 21.3 Å². The van der Waals surface area contributed by atoms with E-state index in [0.29, 0.717) is 42.2 Å². The van der Waals surface area contributed by atoms with Crippen molar-refractivity contribution in [3.63, 3.8) is 0 Å². The largest absolute Gasteiger partial charge is 0.467 e. The number of nitrogens with zero attached hydrogens (tertiary/aromatic N) is 2. The molecule has 0 fully saturated rings. The molecule has 4 rings (SSSR count). The number of thioether (sulfide) groups is 1. The molecule has 0 bridgehead atoms. The molecule has 3 heterocycles. The second-order valence-electron chi connectivity index (χ2n) is 6.81. The number of carbonyl (C=O) groups excluding carboxylic acids is 1. The van der Waals surface area contributed by atoms with Crippen LogP contribution in [0.3, 0.4) is 0 Å². The number of fused-ring (bicyclic) bond motifs is 1. The fourth-order valence-corrected chi connectivity index (χ4v) is 5.66. The summed E-state index contributed by atoms with van der Waals surface area (Å²) in [6.45, 7) is 3.80. The highest BCUT2D eigenvalue weighted by Gasteiger charge is 2.23. The fourth-order valence-electron chi connectivity index (χ4n) is 3.20. The Balaban J connectivity index is 1.82. The predicted octanol–water partition coefficient (Wildman–Crippen LogP) is 5.67. The Bertz CT molecular complexity index is 1330. The van der Waals surface area contributed by atoms with E-state index in [1.165, 1.54) is 34.7 Å². The molecule has 0 atom stereocenters. The van der Waals surface area contributed by atoms with E-state index in [4.69, 9.17) is 20.8 Å². The topological polar surface area (TPSA) is 74.3 Å². The molecular weight excluding hydrogens is 475 g/mol. The maximum Gasteiger partial charge on any atom is 0.348 e. The van der Waals surface area contributed by atoms with Crippen LogP contribution >= 0.6 is 34.7 Å². The lowest BCUT2D eigenvalue weighted by Crippen LogP contribution is -2.23. The number of hydrogen-bond donors (Lipinski definition) is 0. The zero-order valence-electron chi connectivity index (χ0n) is 17.2. The number of halogens is 2. The number of ether oxygens (including phenoxy) is 1. The minimum Gasteiger partial charge on any atom is -0.467 e. The van der Waals surface area contributed by atoms with Crippen LogP contribution in [0.1, 0.15) is 33.5 Å². The van der Waals surface area contributed by atoms with E-state index >= 15 is 0 Å². The molecule has 32 heavy (non-hydrogen) atoms. The van der Waals surface area contributed by atoms with E-state index in [1.54, 1.807) is 32.0 Å². The van der Waals surface area contributed by atoms with Crippen molar-refractivity contribution in [1.29, 1.82) is 0 Å². The standard InChI is InChI=1S/C22H18ClFN2O4S2/c1-3-29-21(28)18-12(2)17-19(32-18)25-22(26(20(17)27)10-13-6-5-9-30-13)31-11-14-15(23)7-4-8-16(14)24/h4-9H,3,10-11H2,1-2H3. The molecule has 0 amide bonds. The van der Waals surface area contributed by atoms with Crippen LogP contribution < -0.4 is 5.56 Å². The normalized spacial score (nSPS) is 11.2. The van der Waals surface area contributed by atoms with Gasteiger partial charge in [-0.1, -0.05) is 29.4 Å². The molecule has 4 aromatic rings. The number of esters is 1. The first-order chi connectivity index (χ1) is 15.4. The van der Waals surface area contributed by atoms with Crippen LogP contribution in [0, 0.1) is 12.7 Å². The van der Waals surface area contributed by atoms with Gasteiger partial charge in [-0.25, -0.2) is 14.2 Å². The third-order valence-corrected chi connectivity index (χ3v) is 7.30. The molecule has 166 valence electrons. The quantitative estimate of drug-likeness (QED) is 0.188. The number of benzene rings is 1. The predicted molar refractivity (Wildman–Crippen MR) is 123 cm³/mol. The van der Waals surface area contributed by atoms with Gasteiger partial charge in [0.2, 0.25) is 0 Å². The van der Waals surface area contributed by atoms with Crippen LogP contribution in [-0.4, -0.2) is 22.1 Å². The Morgan fingerprint density at radius 1 is 1.34 bits per heavy atom. The number of rotatable bonds is 7. The molecule has 0 spiro atoms. The average molecular weight is 493 g/mol. The molecule has 0 aliphatic rings. The van der Waals surface area contributed by atoms with Gasteiger partial charge in [-0.2, -0.15) is 0 Å². The minimum absolute atomic E-state index is 0.145. The molecule has 6 nitrogen and oxygen atoms in total. The zero-order valence-corrected chi connectivity index (χ0v) is 19.6. The summed E-state index contributed by atoms with van der Waals surface area (Å²) >= 11 is 8.46. The monoisotopic (exact) mass is 492 g/mol. The Morgan fingerprint density at radius 3 is 2.84 bits per heavy atom. The maximum atomic E-state index is 14.3. The van der Waals surface area contributed by atoms with E-state index < -0.39 is 11.8 Å². The first-order valence-electron chi connectivity index (χ1n) is 9.69. The fraction of sp³-hybridized carbons (Fsp3) is 0.227. The van der Waals surface area contributed by atoms with Crippen molar-refractivity contribution in [3.8, 4) is 0 Å². The number of furan rings is 1. The van der Waals surface area contributed by atoms with Gasteiger partial charge in [0, 0.05) is 16.3 Å². The molecule has 0 saturated heterocycles. The number of thiophene rings is 1. The molecular formula is C22H18ClFN2O4S2. The second kappa shape index (κ2) is 9.48. The van der Waals surface area contributed by atoms with Gasteiger partial charge in [-0.05, 0) is 43.7 Å². The first kappa shape index (κ1) is 22.6. The van der Waals surface area contributed by atoms with Gasteiger partial charge in [0.05, 0.1) is 24.8 Å². The number of aryl methyl sites for hydroxylation is 1. The third kappa shape index (κ3) is 4.32. The summed E-state index contributed by atoms with van der Waals surface area (Å²) in [6.07, 6.45) is 1.52. The molecule has 0 aliphatic heterocycles. The molecule has 0 unspecified atom stereocenters. The highest BCUT2D eigenvalue weighted by molar-refractivity contribution is 7.98. The van der Waals surface area contributed by atoms with Gasteiger partial charge in [-0.3, -0.25) is 9.36 Å². The van der Waals surface area contributed by atoms with Gasteiger partial charge >= 0.3 is 5.97 Å². The van der Waals surface area contributed by atoms with E-state index in [0.717, 1.165) is 11.3 Å². The van der Waals surface area contributed by atoms with E-state index in [2.05, 4.69) is 4.98 Å². The van der Waals surface area contributed by atoms with Crippen molar-refractivity contribution in [2.45, 2.75) is 31.3 Å². The molecule has 1 aromatic carbocycles. The van der Waals surface area contributed by atoms with Crippen LogP contribution in [0.4, 0.5) is 4.39 Å². The Morgan fingerprint density at radius 2 is 2.16 bits per heavy atom. The van der Waals surface area contributed by atoms with Crippen molar-refractivity contribution in [3.05, 3.63) is 79.6 Å². The molecule has 0 radical (unpaired) electrons. The molecule has 0 aliphatic carbocycles. The van der Waals surface area contributed by atoms with Crippen LogP contribution in [0.5, 0.6) is 0 Å². The highest BCUT2D eigenvalue weighted by atomic mass is 35.5. The van der Waals surface area contributed by atoms with Crippen molar-refractivity contribution in [1.82, 2.24) is 9.55 Å². The summed E-state index contributed by atoms with van der Waals surface area (Å²) in [5, 5.41) is 1.03. The summed E-state index contributed by atoms with van der Waals surface area (Å²) in [4.78, 5) is 31.2. The smallest absolute Gasteiger partial charge is 0.348 e. The Kier molecular flexibility index (Phi) is 6.68. The molecule has 0 saturated carbocycles. The van der Waals surface area contributed by atoms with Crippen molar-refractivity contribution in [2.24, 2.45) is 0 Å². The lowest BCUT2D eigenvalue weighted by molar-refractivity contribution is 0.0531. The lowest BCUT2D eigenvalue weighted by atomic mass is 10.2. The van der Waals surface area contributed by atoms with Crippen LogP contribution in [0.15, 0.2) is 51.0 Å². The summed E-state index contributed by atoms with van der Waals surface area (Å²) in [5.74, 6) is -0.172. The van der Waals surface area contributed by atoms with Gasteiger partial charge in [0.25, 0.3) is 5.56 Å². The van der Waals surface area contributed by atoms with Crippen LogP contribution in [-0.2, 0) is 17.0 Å². The Labute approximate surface area is 196 Å². The maximum absolute atomic E-state index is 14.3. The van der Waals surface area contributed by atoms with Crippen LogP contribution in [0.25, 0.3) is 10.2 Å². The summed E-state index contributed by atoms with van der Waals surface area (Å²) in [7, 11) is 0. The van der Waals surface area contributed by atoms with Gasteiger partial charge in [-0.15, -0.1) is 11.3 Å². The van der Waals surface area contributed by atoms with E-state index in [9.17, 15) is 14.0 Å². The van der Waals surface area contributed by atoms with Crippen LogP contribution in [0.2, 0.25) is 5.02 Å². The first-order valence-corrected chi connectivity index (χ1v) is 11.9. The summed E-state index contributed by atoms with van der Waals surface area (Å²) < 4.78 is 26.3. The number of aromatic nitrogens is 2. The SMILES string of the molecule is CCOC(=O)c1sc2nc(SCc3c(F)cccc3Cl)n(Cc3ccco3)c(=O)c2c1C. The van der Waals surface area contributed by atoms with Gasteiger partial charge in [0.15, 0.2) is 5.16 Å². The number of hydrogen-bond acceptors (Lipinski definition) is 7. The van der Waals surface area contributed by atoms with E-state index in [-0.39, 0.29) is 24.5 Å². The van der Waals surface area contributed by atoms with Crippen molar-refractivity contribution >= 4 is 50.9 Å². The molecule has 0 N–H and O–H groups in total. The minimum atomic E-state index is -0.489. The summed E-state index contributed by atoms with van der Waals surface area (Å²) in [6, 6.07) is 7.97. The third-order valence-electron chi connectivity index (χ3n) is 4.78. The van der Waals surface area contributed by atoms with Crippen molar-refractivity contribution < 1.29 is 18.3 Å². The second-order valence-corrected chi connectivity index (χ2v) is 9.16. The van der Waals surface area contributed by atoms with Crippen molar-refractivity contribution in [2.75, 3.05) is 6.61 Å². The number of carbonyl (C=O) groups is 1. The molecule has 3 aromatic heterocycles.